The molecule has 2 aliphatic rings. The summed E-state index contributed by atoms with van der Waals surface area (Å²) in [5.74, 6) is 1.58. The van der Waals surface area contributed by atoms with Crippen LogP contribution in [0, 0.1) is 5.92 Å². The van der Waals surface area contributed by atoms with Crippen LogP contribution in [0.25, 0.3) is 0 Å². The van der Waals surface area contributed by atoms with E-state index >= 15 is 0 Å². The Labute approximate surface area is 126 Å². The van der Waals surface area contributed by atoms with Crippen LogP contribution in [0.3, 0.4) is 0 Å². The molecular weight excluding hydrogens is 264 g/mol. The Morgan fingerprint density at radius 3 is 3.10 bits per heavy atom. The lowest BCUT2D eigenvalue weighted by Crippen LogP contribution is -2.41. The lowest BCUT2D eigenvalue weighted by atomic mass is 9.95. The zero-order chi connectivity index (χ0) is 14.7. The first-order valence-corrected chi connectivity index (χ1v) is 8.11. The normalized spacial score (nSPS) is 21.8. The van der Waals surface area contributed by atoms with Gasteiger partial charge in [-0.1, -0.05) is 6.92 Å². The van der Waals surface area contributed by atoms with Gasteiger partial charge in [0.1, 0.15) is 5.75 Å². The molecule has 1 aromatic heterocycles. The molecular formula is C17H24N2O2. The third-order valence-electron chi connectivity index (χ3n) is 4.55. The molecule has 0 radical (unpaired) electrons. The molecule has 4 heteroatoms. The minimum atomic E-state index is 0.114. The predicted octanol–water partition coefficient (Wildman–Crippen LogP) is 2.60. The summed E-state index contributed by atoms with van der Waals surface area (Å²) in [4.78, 5) is 18.6. The van der Waals surface area contributed by atoms with Crippen molar-refractivity contribution < 1.29 is 9.53 Å². The Hall–Kier alpha value is -1.58. The smallest absolute Gasteiger partial charge is 0.260 e. The second kappa shape index (κ2) is 6.46. The zero-order valence-electron chi connectivity index (χ0n) is 12.8. The number of carbonyl (C=O) groups is 1. The van der Waals surface area contributed by atoms with Crippen molar-refractivity contribution in [2.45, 2.75) is 45.4 Å². The van der Waals surface area contributed by atoms with Crippen LogP contribution in [0.1, 0.15) is 43.9 Å². The van der Waals surface area contributed by atoms with Gasteiger partial charge in [-0.25, -0.2) is 0 Å². The van der Waals surface area contributed by atoms with E-state index < -0.39 is 0 Å². The van der Waals surface area contributed by atoms with E-state index in [0.717, 1.165) is 43.8 Å². The average Bonchev–Trinajstić information content (AvgIpc) is 2.52. The number of hydrogen-bond donors (Lipinski definition) is 0. The van der Waals surface area contributed by atoms with Gasteiger partial charge in [-0.05, 0) is 50.5 Å². The summed E-state index contributed by atoms with van der Waals surface area (Å²) in [6.45, 7) is 4.11. The van der Waals surface area contributed by atoms with E-state index in [-0.39, 0.29) is 12.5 Å². The molecule has 0 saturated carbocycles. The van der Waals surface area contributed by atoms with Crippen molar-refractivity contribution in [1.29, 1.82) is 0 Å². The average molecular weight is 288 g/mol. The minimum absolute atomic E-state index is 0.114. The molecule has 3 rings (SSSR count). The highest BCUT2D eigenvalue weighted by atomic mass is 16.5. The molecule has 1 aromatic rings. The molecule has 114 valence electrons. The number of rotatable bonds is 3. The van der Waals surface area contributed by atoms with Gasteiger partial charge >= 0.3 is 0 Å². The molecule has 4 nitrogen and oxygen atoms in total. The number of piperidine rings is 1. The molecule has 2 heterocycles. The molecule has 1 aliphatic carbocycles. The van der Waals surface area contributed by atoms with E-state index in [1.807, 2.05) is 11.0 Å². The number of aryl methyl sites for hydroxylation is 1. The van der Waals surface area contributed by atoms with Crippen LogP contribution >= 0.6 is 0 Å². The highest BCUT2D eigenvalue weighted by Gasteiger charge is 2.22. The van der Waals surface area contributed by atoms with Crippen molar-refractivity contribution in [2.75, 3.05) is 19.7 Å². The number of amides is 1. The van der Waals surface area contributed by atoms with E-state index in [2.05, 4.69) is 11.9 Å². The molecule has 1 aliphatic heterocycles. The van der Waals surface area contributed by atoms with Crippen LogP contribution in [0.15, 0.2) is 12.3 Å². The van der Waals surface area contributed by atoms with Crippen molar-refractivity contribution in [3.63, 3.8) is 0 Å². The summed E-state index contributed by atoms with van der Waals surface area (Å²) in [5.41, 5.74) is 2.36. The van der Waals surface area contributed by atoms with E-state index in [4.69, 9.17) is 4.74 Å². The lowest BCUT2D eigenvalue weighted by Gasteiger charge is -2.31. The first-order chi connectivity index (χ1) is 10.2. The fourth-order valence-electron chi connectivity index (χ4n) is 3.37. The van der Waals surface area contributed by atoms with Crippen LogP contribution in [-0.2, 0) is 17.6 Å². The summed E-state index contributed by atoms with van der Waals surface area (Å²) in [5, 5.41) is 0. The Bertz CT molecular complexity index is 516. The quantitative estimate of drug-likeness (QED) is 0.858. The number of carbonyl (C=O) groups excluding carboxylic acids is 1. The van der Waals surface area contributed by atoms with Crippen molar-refractivity contribution in [3.05, 3.63) is 23.5 Å². The molecule has 1 unspecified atom stereocenters. The lowest BCUT2D eigenvalue weighted by molar-refractivity contribution is -0.135. The number of hydrogen-bond acceptors (Lipinski definition) is 3. The molecule has 0 spiro atoms. The Balaban J connectivity index is 1.61. The second-order valence-corrected chi connectivity index (χ2v) is 6.32. The Kier molecular flexibility index (Phi) is 4.42. The predicted molar refractivity (Wildman–Crippen MR) is 81.4 cm³/mol. The molecule has 0 N–H and O–H groups in total. The largest absolute Gasteiger partial charge is 0.483 e. The van der Waals surface area contributed by atoms with Crippen LogP contribution < -0.4 is 4.74 Å². The first kappa shape index (κ1) is 14.4. The monoisotopic (exact) mass is 288 g/mol. The van der Waals surface area contributed by atoms with Crippen LogP contribution in [0.2, 0.25) is 0 Å². The standard InChI is InChI=1S/C17H24N2O2/c1-13-5-4-10-19(11-13)17(20)12-21-16-8-9-18-15-7-3-2-6-14(15)16/h8-9,13H,2-7,10-12H2,1H3. The number of likely N-dealkylation sites (tertiary alicyclic amines) is 1. The topological polar surface area (TPSA) is 42.4 Å². The maximum atomic E-state index is 12.3. The Morgan fingerprint density at radius 1 is 1.38 bits per heavy atom. The van der Waals surface area contributed by atoms with Gasteiger partial charge < -0.3 is 9.64 Å². The highest BCUT2D eigenvalue weighted by molar-refractivity contribution is 5.77. The zero-order valence-corrected chi connectivity index (χ0v) is 12.8. The van der Waals surface area contributed by atoms with Gasteiger partial charge in [0.2, 0.25) is 0 Å². The van der Waals surface area contributed by atoms with Crippen molar-refractivity contribution in [1.82, 2.24) is 9.88 Å². The van der Waals surface area contributed by atoms with Gasteiger partial charge in [0.15, 0.2) is 6.61 Å². The summed E-state index contributed by atoms with van der Waals surface area (Å²) in [7, 11) is 0. The maximum Gasteiger partial charge on any atom is 0.260 e. The van der Waals surface area contributed by atoms with Crippen LogP contribution in [0.5, 0.6) is 5.75 Å². The van der Waals surface area contributed by atoms with Gasteiger partial charge in [-0.15, -0.1) is 0 Å². The molecule has 0 bridgehead atoms. The number of pyridine rings is 1. The minimum Gasteiger partial charge on any atom is -0.483 e. The number of nitrogens with zero attached hydrogens (tertiary/aromatic N) is 2. The van der Waals surface area contributed by atoms with Gasteiger partial charge in [0, 0.05) is 30.5 Å². The number of aromatic nitrogens is 1. The van der Waals surface area contributed by atoms with Gasteiger partial charge in [0.25, 0.3) is 5.91 Å². The molecule has 1 fully saturated rings. The van der Waals surface area contributed by atoms with E-state index in [1.54, 1.807) is 6.20 Å². The fourth-order valence-corrected chi connectivity index (χ4v) is 3.37. The van der Waals surface area contributed by atoms with Crippen LogP contribution in [-0.4, -0.2) is 35.5 Å². The number of fused-ring (bicyclic) bond motifs is 1. The van der Waals surface area contributed by atoms with Crippen molar-refractivity contribution in [2.24, 2.45) is 5.92 Å². The summed E-state index contributed by atoms with van der Waals surface area (Å²) < 4.78 is 5.82. The third kappa shape index (κ3) is 3.36. The summed E-state index contributed by atoms with van der Waals surface area (Å²) >= 11 is 0. The molecule has 21 heavy (non-hydrogen) atoms. The molecule has 1 saturated heterocycles. The van der Waals surface area contributed by atoms with Gasteiger partial charge in [0.05, 0.1) is 0 Å². The van der Waals surface area contributed by atoms with Crippen molar-refractivity contribution in [3.8, 4) is 5.75 Å². The van der Waals surface area contributed by atoms with Gasteiger partial charge in [-0.3, -0.25) is 9.78 Å². The van der Waals surface area contributed by atoms with E-state index in [1.165, 1.54) is 24.8 Å². The maximum absolute atomic E-state index is 12.3. The summed E-state index contributed by atoms with van der Waals surface area (Å²) in [6, 6.07) is 1.90. The highest BCUT2D eigenvalue weighted by Crippen LogP contribution is 2.28. The number of ether oxygens (including phenoxy) is 1. The molecule has 1 amide bonds. The SMILES string of the molecule is CC1CCCN(C(=O)COc2ccnc3c2CCCC3)C1. The molecule has 0 aromatic carbocycles. The van der Waals surface area contributed by atoms with E-state index in [0.29, 0.717) is 5.92 Å². The first-order valence-electron chi connectivity index (χ1n) is 8.11. The van der Waals surface area contributed by atoms with E-state index in [9.17, 15) is 4.79 Å². The second-order valence-electron chi connectivity index (χ2n) is 6.32. The Morgan fingerprint density at radius 2 is 2.24 bits per heavy atom. The molecule has 1 atom stereocenters. The third-order valence-corrected chi connectivity index (χ3v) is 4.55. The fraction of sp³-hybridized carbons (Fsp3) is 0.647. The van der Waals surface area contributed by atoms with Crippen LogP contribution in [0.4, 0.5) is 0 Å². The summed E-state index contributed by atoms with van der Waals surface area (Å²) in [6.07, 6.45) is 8.57. The van der Waals surface area contributed by atoms with Gasteiger partial charge in [-0.2, -0.15) is 0 Å². The van der Waals surface area contributed by atoms with Crippen molar-refractivity contribution >= 4 is 5.91 Å².